The molecule has 0 radical (unpaired) electrons. The number of halogens is 1. The number of ether oxygens (including phenoxy) is 1. The summed E-state index contributed by atoms with van der Waals surface area (Å²) in [7, 11) is 0. The molecular formula is C20H22ClNO3. The molecule has 25 heavy (non-hydrogen) atoms. The molecule has 4 nitrogen and oxygen atoms in total. The maximum Gasteiger partial charge on any atom is 0.336 e. The SMILES string of the molecule is CCOC(=O)C1=C(CC)NC2=C(C(=O)CCC2)[C@@H]1c1ccccc1Cl. The minimum Gasteiger partial charge on any atom is -0.463 e. The molecule has 1 aromatic carbocycles. The minimum atomic E-state index is -0.466. The number of carbonyl (C=O) groups excluding carboxylic acids is 2. The van der Waals surface area contributed by atoms with Gasteiger partial charge in [-0.15, -0.1) is 0 Å². The fourth-order valence-electron chi connectivity index (χ4n) is 3.65. The maximum absolute atomic E-state index is 12.7. The van der Waals surface area contributed by atoms with Gasteiger partial charge in [0.05, 0.1) is 12.2 Å². The van der Waals surface area contributed by atoms with Crippen LogP contribution in [0.4, 0.5) is 0 Å². The van der Waals surface area contributed by atoms with E-state index in [2.05, 4.69) is 5.32 Å². The van der Waals surface area contributed by atoms with Crippen LogP contribution in [0.5, 0.6) is 0 Å². The highest BCUT2D eigenvalue weighted by Gasteiger charge is 2.40. The Morgan fingerprint density at radius 2 is 2.04 bits per heavy atom. The maximum atomic E-state index is 12.7. The van der Waals surface area contributed by atoms with Crippen LogP contribution in [0.25, 0.3) is 0 Å². The highest BCUT2D eigenvalue weighted by molar-refractivity contribution is 6.31. The molecule has 0 amide bonds. The molecule has 0 fully saturated rings. The lowest BCUT2D eigenvalue weighted by Gasteiger charge is -2.35. The van der Waals surface area contributed by atoms with Crippen molar-refractivity contribution >= 4 is 23.4 Å². The molecule has 5 heteroatoms. The standard InChI is InChI=1S/C20H22ClNO3/c1-3-14-19(20(24)25-4-2)17(12-8-5-6-9-13(12)21)18-15(22-14)10-7-11-16(18)23/h5-6,8-9,17,22H,3-4,7,10-11H2,1-2H3/t17-/m0/s1. The van der Waals surface area contributed by atoms with Gasteiger partial charge in [0, 0.05) is 34.3 Å². The zero-order valence-electron chi connectivity index (χ0n) is 14.5. The Morgan fingerprint density at radius 3 is 2.72 bits per heavy atom. The van der Waals surface area contributed by atoms with Gasteiger partial charge in [-0.1, -0.05) is 36.7 Å². The monoisotopic (exact) mass is 359 g/mol. The highest BCUT2D eigenvalue weighted by atomic mass is 35.5. The summed E-state index contributed by atoms with van der Waals surface area (Å²) in [5, 5.41) is 3.89. The third-order valence-corrected chi connectivity index (χ3v) is 5.07. The van der Waals surface area contributed by atoms with Crippen molar-refractivity contribution in [3.63, 3.8) is 0 Å². The van der Waals surface area contributed by atoms with Crippen molar-refractivity contribution < 1.29 is 14.3 Å². The van der Waals surface area contributed by atoms with Crippen LogP contribution in [0.15, 0.2) is 46.8 Å². The molecule has 1 aromatic rings. The highest BCUT2D eigenvalue weighted by Crippen LogP contribution is 2.44. The van der Waals surface area contributed by atoms with E-state index >= 15 is 0 Å². The van der Waals surface area contributed by atoms with Gasteiger partial charge in [0.2, 0.25) is 0 Å². The largest absolute Gasteiger partial charge is 0.463 e. The Kier molecular flexibility index (Phi) is 5.28. The molecular weight excluding hydrogens is 338 g/mol. The lowest BCUT2D eigenvalue weighted by atomic mass is 9.75. The molecule has 0 saturated carbocycles. The Labute approximate surface area is 152 Å². The smallest absolute Gasteiger partial charge is 0.336 e. The van der Waals surface area contributed by atoms with Crippen LogP contribution < -0.4 is 5.32 Å². The summed E-state index contributed by atoms with van der Waals surface area (Å²) in [5.41, 5.74) is 3.69. The number of benzene rings is 1. The summed E-state index contributed by atoms with van der Waals surface area (Å²) < 4.78 is 5.31. The number of hydrogen-bond donors (Lipinski definition) is 1. The molecule has 2 aliphatic rings. The van der Waals surface area contributed by atoms with Crippen LogP contribution in [0, 0.1) is 0 Å². The summed E-state index contributed by atoms with van der Waals surface area (Å²) in [6.07, 6.45) is 2.78. The van der Waals surface area contributed by atoms with Gasteiger partial charge in [-0.2, -0.15) is 0 Å². The predicted molar refractivity (Wildman–Crippen MR) is 97.2 cm³/mol. The van der Waals surface area contributed by atoms with Crippen molar-refractivity contribution in [3.8, 4) is 0 Å². The third kappa shape index (κ3) is 3.23. The molecule has 1 aliphatic heterocycles. The molecule has 1 heterocycles. The fraction of sp³-hybridized carbons (Fsp3) is 0.400. The molecule has 0 saturated heterocycles. The molecule has 132 valence electrons. The van der Waals surface area contributed by atoms with E-state index in [-0.39, 0.29) is 18.4 Å². The lowest BCUT2D eigenvalue weighted by molar-refractivity contribution is -0.138. The fourth-order valence-corrected chi connectivity index (χ4v) is 3.89. The minimum absolute atomic E-state index is 0.0793. The first-order valence-electron chi connectivity index (χ1n) is 8.76. The number of esters is 1. The predicted octanol–water partition coefficient (Wildman–Crippen LogP) is 4.26. The van der Waals surface area contributed by atoms with Crippen molar-refractivity contribution in [1.82, 2.24) is 5.32 Å². The summed E-state index contributed by atoms with van der Waals surface area (Å²) in [4.78, 5) is 25.5. The molecule has 1 atom stereocenters. The number of ketones is 1. The second-order valence-corrected chi connectivity index (χ2v) is 6.62. The van der Waals surface area contributed by atoms with Crippen LogP contribution in [-0.4, -0.2) is 18.4 Å². The topological polar surface area (TPSA) is 55.4 Å². The van der Waals surface area contributed by atoms with E-state index in [4.69, 9.17) is 16.3 Å². The van der Waals surface area contributed by atoms with E-state index in [1.807, 2.05) is 25.1 Å². The quantitative estimate of drug-likeness (QED) is 0.816. The summed E-state index contributed by atoms with van der Waals surface area (Å²) in [5.74, 6) is -0.774. The van der Waals surface area contributed by atoms with Crippen LogP contribution >= 0.6 is 11.6 Å². The van der Waals surface area contributed by atoms with Crippen LogP contribution in [0.3, 0.4) is 0 Å². The summed E-state index contributed by atoms with van der Waals surface area (Å²) in [6.45, 7) is 4.05. The van der Waals surface area contributed by atoms with Gasteiger partial charge in [-0.25, -0.2) is 4.79 Å². The van der Waals surface area contributed by atoms with E-state index in [9.17, 15) is 9.59 Å². The van der Waals surface area contributed by atoms with Gasteiger partial charge in [0.15, 0.2) is 5.78 Å². The summed E-state index contributed by atoms with van der Waals surface area (Å²) >= 11 is 6.45. The normalized spacial score (nSPS) is 20.3. The first-order chi connectivity index (χ1) is 12.1. The van der Waals surface area contributed by atoms with Gasteiger partial charge in [-0.05, 0) is 37.8 Å². The Morgan fingerprint density at radius 1 is 1.28 bits per heavy atom. The average Bonchev–Trinajstić information content (AvgIpc) is 2.61. The molecule has 3 rings (SSSR count). The van der Waals surface area contributed by atoms with E-state index in [0.717, 1.165) is 29.8 Å². The molecule has 1 aliphatic carbocycles. The van der Waals surface area contributed by atoms with Gasteiger partial charge < -0.3 is 10.1 Å². The number of Topliss-reactive ketones (excluding diaryl/α,β-unsaturated/α-hetero) is 1. The van der Waals surface area contributed by atoms with E-state index in [0.29, 0.717) is 29.0 Å². The van der Waals surface area contributed by atoms with Crippen molar-refractivity contribution in [2.24, 2.45) is 0 Å². The van der Waals surface area contributed by atoms with Gasteiger partial charge in [-0.3, -0.25) is 4.79 Å². The van der Waals surface area contributed by atoms with Crippen LogP contribution in [-0.2, 0) is 14.3 Å². The number of carbonyl (C=O) groups is 2. The Bertz CT molecular complexity index is 779. The van der Waals surface area contributed by atoms with Crippen molar-refractivity contribution in [2.75, 3.05) is 6.61 Å². The zero-order valence-corrected chi connectivity index (χ0v) is 15.3. The van der Waals surface area contributed by atoms with Crippen molar-refractivity contribution in [1.29, 1.82) is 0 Å². The Balaban J connectivity index is 2.22. The van der Waals surface area contributed by atoms with Crippen LogP contribution in [0.1, 0.15) is 51.0 Å². The number of nitrogens with one attached hydrogen (secondary N) is 1. The number of allylic oxidation sites excluding steroid dienone is 3. The molecule has 0 aromatic heterocycles. The van der Waals surface area contributed by atoms with Gasteiger partial charge in [0.1, 0.15) is 0 Å². The van der Waals surface area contributed by atoms with E-state index < -0.39 is 5.92 Å². The molecule has 0 bridgehead atoms. The number of dihydropyridines is 1. The first kappa shape index (κ1) is 17.7. The number of rotatable bonds is 4. The average molecular weight is 360 g/mol. The second kappa shape index (κ2) is 7.44. The zero-order chi connectivity index (χ0) is 18.0. The van der Waals surface area contributed by atoms with Gasteiger partial charge in [0.25, 0.3) is 0 Å². The molecule has 1 N–H and O–H groups in total. The second-order valence-electron chi connectivity index (χ2n) is 6.21. The third-order valence-electron chi connectivity index (χ3n) is 4.73. The lowest BCUT2D eigenvalue weighted by Crippen LogP contribution is -2.35. The summed E-state index contributed by atoms with van der Waals surface area (Å²) in [6, 6.07) is 7.41. The van der Waals surface area contributed by atoms with Crippen molar-refractivity contribution in [3.05, 3.63) is 57.4 Å². The first-order valence-corrected chi connectivity index (χ1v) is 9.14. The Hall–Kier alpha value is -2.07. The van der Waals surface area contributed by atoms with Crippen molar-refractivity contribution in [2.45, 2.75) is 45.4 Å². The molecule has 0 spiro atoms. The van der Waals surface area contributed by atoms with E-state index in [1.54, 1.807) is 13.0 Å². The molecule has 0 unspecified atom stereocenters. The van der Waals surface area contributed by atoms with E-state index in [1.165, 1.54) is 0 Å². The van der Waals surface area contributed by atoms with Crippen LogP contribution in [0.2, 0.25) is 5.02 Å². The van der Waals surface area contributed by atoms with Gasteiger partial charge >= 0.3 is 5.97 Å². The number of hydrogen-bond acceptors (Lipinski definition) is 4.